The van der Waals surface area contributed by atoms with Gasteiger partial charge in [0.25, 0.3) is 0 Å². The number of nitrogens with two attached hydrogens (primary N) is 1. The van der Waals surface area contributed by atoms with E-state index in [4.69, 9.17) is 11.0 Å². The summed E-state index contributed by atoms with van der Waals surface area (Å²) < 4.78 is 0. The van der Waals surface area contributed by atoms with Crippen molar-refractivity contribution in [2.75, 3.05) is 11.9 Å². The van der Waals surface area contributed by atoms with Gasteiger partial charge in [-0.05, 0) is 43.4 Å². The standard InChI is InChI=1S/C16H23N3O/c1-12-5-4-6-14(13(12)11-18)19-15(20)7-8-16(2,3)9-10-17/h4-6H,7-10,17H2,1-3H3,(H,19,20). The molecule has 0 aliphatic heterocycles. The molecule has 1 aromatic rings. The molecule has 1 amide bonds. The number of benzene rings is 1. The third-order valence-electron chi connectivity index (χ3n) is 3.51. The lowest BCUT2D eigenvalue weighted by atomic mass is 9.84. The van der Waals surface area contributed by atoms with Crippen LogP contribution in [0.15, 0.2) is 18.2 Å². The van der Waals surface area contributed by atoms with Gasteiger partial charge < -0.3 is 11.1 Å². The molecule has 0 spiro atoms. The number of anilines is 1. The van der Waals surface area contributed by atoms with Crippen LogP contribution >= 0.6 is 0 Å². The van der Waals surface area contributed by atoms with Gasteiger partial charge in [-0.1, -0.05) is 26.0 Å². The molecule has 0 aliphatic rings. The topological polar surface area (TPSA) is 78.9 Å². The number of nitriles is 1. The molecule has 4 nitrogen and oxygen atoms in total. The second kappa shape index (κ2) is 7.06. The highest BCUT2D eigenvalue weighted by Crippen LogP contribution is 2.26. The van der Waals surface area contributed by atoms with Crippen molar-refractivity contribution < 1.29 is 4.79 Å². The zero-order valence-corrected chi connectivity index (χ0v) is 12.5. The van der Waals surface area contributed by atoms with Crippen LogP contribution in [0.3, 0.4) is 0 Å². The van der Waals surface area contributed by atoms with Gasteiger partial charge in [-0.25, -0.2) is 0 Å². The minimum Gasteiger partial charge on any atom is -0.330 e. The van der Waals surface area contributed by atoms with Gasteiger partial charge >= 0.3 is 0 Å². The monoisotopic (exact) mass is 273 g/mol. The molecule has 0 fully saturated rings. The molecular weight excluding hydrogens is 250 g/mol. The molecule has 0 heterocycles. The third kappa shape index (κ3) is 4.67. The van der Waals surface area contributed by atoms with E-state index in [0.717, 1.165) is 18.4 Å². The van der Waals surface area contributed by atoms with E-state index in [9.17, 15) is 4.79 Å². The van der Waals surface area contributed by atoms with Gasteiger partial charge in [0.15, 0.2) is 0 Å². The number of nitrogens with zero attached hydrogens (tertiary/aromatic N) is 1. The second-order valence-electron chi connectivity index (χ2n) is 5.86. The maximum Gasteiger partial charge on any atom is 0.224 e. The maximum absolute atomic E-state index is 12.0. The second-order valence-corrected chi connectivity index (χ2v) is 5.86. The zero-order valence-electron chi connectivity index (χ0n) is 12.5. The van der Waals surface area contributed by atoms with Crippen molar-refractivity contribution in [2.24, 2.45) is 11.1 Å². The number of hydrogen-bond acceptors (Lipinski definition) is 3. The van der Waals surface area contributed by atoms with Crippen LogP contribution in [0.5, 0.6) is 0 Å². The number of nitrogens with one attached hydrogen (secondary N) is 1. The lowest BCUT2D eigenvalue weighted by Crippen LogP contribution is -2.21. The normalized spacial score (nSPS) is 10.9. The van der Waals surface area contributed by atoms with Crippen LogP contribution in [0.2, 0.25) is 0 Å². The highest BCUT2D eigenvalue weighted by Gasteiger charge is 2.18. The van der Waals surface area contributed by atoms with E-state index in [1.54, 1.807) is 6.07 Å². The summed E-state index contributed by atoms with van der Waals surface area (Å²) in [6.07, 6.45) is 2.11. The van der Waals surface area contributed by atoms with Crippen molar-refractivity contribution in [1.82, 2.24) is 0 Å². The number of rotatable bonds is 6. The minimum atomic E-state index is -0.0582. The Kier molecular flexibility index (Phi) is 5.72. The first-order valence-corrected chi connectivity index (χ1v) is 6.89. The molecule has 4 heteroatoms. The molecule has 0 atom stereocenters. The average Bonchev–Trinajstić information content (AvgIpc) is 2.37. The number of amides is 1. The summed E-state index contributed by atoms with van der Waals surface area (Å²) in [5, 5.41) is 12.0. The number of aryl methyl sites for hydroxylation is 1. The highest BCUT2D eigenvalue weighted by molar-refractivity contribution is 5.92. The van der Waals surface area contributed by atoms with Crippen LogP contribution in [0.1, 0.15) is 44.2 Å². The Morgan fingerprint density at radius 1 is 1.40 bits per heavy atom. The molecular formula is C16H23N3O. The maximum atomic E-state index is 12.0. The van der Waals surface area contributed by atoms with Crippen LogP contribution in [0, 0.1) is 23.7 Å². The van der Waals surface area contributed by atoms with E-state index in [1.807, 2.05) is 19.1 Å². The summed E-state index contributed by atoms with van der Waals surface area (Å²) in [4.78, 5) is 12.0. The van der Waals surface area contributed by atoms with Gasteiger partial charge in [0, 0.05) is 6.42 Å². The highest BCUT2D eigenvalue weighted by atomic mass is 16.1. The lowest BCUT2D eigenvalue weighted by molar-refractivity contribution is -0.116. The molecule has 0 radical (unpaired) electrons. The Bertz CT molecular complexity index is 515. The molecule has 1 rings (SSSR count). The van der Waals surface area contributed by atoms with Crippen molar-refractivity contribution >= 4 is 11.6 Å². The van der Waals surface area contributed by atoms with Crippen molar-refractivity contribution in [3.8, 4) is 6.07 Å². The van der Waals surface area contributed by atoms with E-state index < -0.39 is 0 Å². The predicted molar refractivity (Wildman–Crippen MR) is 81.2 cm³/mol. The van der Waals surface area contributed by atoms with Crippen LogP contribution in [-0.2, 0) is 4.79 Å². The summed E-state index contributed by atoms with van der Waals surface area (Å²) in [7, 11) is 0. The van der Waals surface area contributed by atoms with Crippen molar-refractivity contribution in [3.63, 3.8) is 0 Å². The zero-order chi connectivity index (χ0) is 15.2. The summed E-state index contributed by atoms with van der Waals surface area (Å²) in [5.41, 5.74) is 7.62. The van der Waals surface area contributed by atoms with Gasteiger partial charge in [-0.3, -0.25) is 4.79 Å². The molecule has 0 saturated carbocycles. The smallest absolute Gasteiger partial charge is 0.224 e. The Hall–Kier alpha value is -1.86. The van der Waals surface area contributed by atoms with Gasteiger partial charge in [0.05, 0.1) is 11.3 Å². The summed E-state index contributed by atoms with van der Waals surface area (Å²) in [5.74, 6) is -0.0582. The van der Waals surface area contributed by atoms with Gasteiger partial charge in [0.2, 0.25) is 5.91 Å². The Balaban J connectivity index is 2.64. The fraction of sp³-hybridized carbons (Fsp3) is 0.500. The summed E-state index contributed by atoms with van der Waals surface area (Å²) >= 11 is 0. The van der Waals surface area contributed by atoms with Crippen LogP contribution < -0.4 is 11.1 Å². The number of hydrogen-bond donors (Lipinski definition) is 2. The molecule has 0 unspecified atom stereocenters. The van der Waals surface area contributed by atoms with Crippen molar-refractivity contribution in [1.29, 1.82) is 5.26 Å². The first kappa shape index (κ1) is 16.2. The molecule has 0 aliphatic carbocycles. The first-order chi connectivity index (χ1) is 9.39. The molecule has 108 valence electrons. The number of carbonyl (C=O) groups is 1. The third-order valence-corrected chi connectivity index (χ3v) is 3.51. The predicted octanol–water partition coefficient (Wildman–Crippen LogP) is 2.96. The number of carbonyl (C=O) groups excluding carboxylic acids is 1. The molecule has 0 saturated heterocycles. The van der Waals surface area contributed by atoms with E-state index >= 15 is 0 Å². The van der Waals surface area contributed by atoms with Gasteiger partial charge in [-0.15, -0.1) is 0 Å². The summed E-state index contributed by atoms with van der Waals surface area (Å²) in [6, 6.07) is 7.59. The van der Waals surface area contributed by atoms with E-state index in [1.165, 1.54) is 0 Å². The molecule has 0 bridgehead atoms. The fourth-order valence-corrected chi connectivity index (χ4v) is 2.10. The molecule has 20 heavy (non-hydrogen) atoms. The first-order valence-electron chi connectivity index (χ1n) is 6.89. The fourth-order valence-electron chi connectivity index (χ4n) is 2.10. The summed E-state index contributed by atoms with van der Waals surface area (Å²) in [6.45, 7) is 6.71. The van der Waals surface area contributed by atoms with E-state index in [0.29, 0.717) is 24.2 Å². The van der Waals surface area contributed by atoms with Gasteiger partial charge in [0.1, 0.15) is 6.07 Å². The van der Waals surface area contributed by atoms with Crippen LogP contribution in [0.4, 0.5) is 5.69 Å². The van der Waals surface area contributed by atoms with Crippen molar-refractivity contribution in [3.05, 3.63) is 29.3 Å². The van der Waals surface area contributed by atoms with Crippen LogP contribution in [0.25, 0.3) is 0 Å². The Labute approximate surface area is 121 Å². The van der Waals surface area contributed by atoms with Crippen molar-refractivity contribution in [2.45, 2.75) is 40.0 Å². The SMILES string of the molecule is Cc1cccc(NC(=O)CCC(C)(C)CCN)c1C#N. The largest absolute Gasteiger partial charge is 0.330 e. The minimum absolute atomic E-state index is 0.0582. The van der Waals surface area contributed by atoms with Gasteiger partial charge in [-0.2, -0.15) is 5.26 Å². The Morgan fingerprint density at radius 3 is 2.70 bits per heavy atom. The molecule has 1 aromatic carbocycles. The van der Waals surface area contributed by atoms with Crippen LogP contribution in [-0.4, -0.2) is 12.5 Å². The quantitative estimate of drug-likeness (QED) is 0.836. The average molecular weight is 273 g/mol. The Morgan fingerprint density at radius 2 is 2.10 bits per heavy atom. The lowest BCUT2D eigenvalue weighted by Gasteiger charge is -2.23. The molecule has 3 N–H and O–H groups in total. The molecule has 0 aromatic heterocycles. The van der Waals surface area contributed by atoms with E-state index in [2.05, 4.69) is 25.2 Å². The van der Waals surface area contributed by atoms with E-state index in [-0.39, 0.29) is 11.3 Å².